The number of rotatable bonds is 4. The highest BCUT2D eigenvalue weighted by molar-refractivity contribution is 14.1. The number of nitrogens with two attached hydrogens (primary N) is 1. The number of amides is 1. The van der Waals surface area contributed by atoms with Gasteiger partial charge in [-0.25, -0.2) is 0 Å². The molecule has 0 spiro atoms. The number of hydrogen-bond acceptors (Lipinski definition) is 2. The van der Waals surface area contributed by atoms with Gasteiger partial charge in [-0.2, -0.15) is 0 Å². The summed E-state index contributed by atoms with van der Waals surface area (Å²) < 4.78 is 3.85. The molecule has 1 aromatic heterocycles. The van der Waals surface area contributed by atoms with E-state index in [2.05, 4.69) is 33.6 Å². The Hall–Kier alpha value is -0.890. The first-order valence-electron chi connectivity index (χ1n) is 5.24. The molecule has 0 atom stereocenters. The van der Waals surface area contributed by atoms with Crippen LogP contribution in [0.1, 0.15) is 12.8 Å². The van der Waals surface area contributed by atoms with Crippen LogP contribution in [0.15, 0.2) is 18.2 Å². The second-order valence-corrected chi connectivity index (χ2v) is 5.45. The highest BCUT2D eigenvalue weighted by Crippen LogP contribution is 2.17. The number of primary amides is 1. The number of benzene rings is 1. The van der Waals surface area contributed by atoms with Gasteiger partial charge in [-0.05, 0) is 59.4 Å². The molecule has 17 heavy (non-hydrogen) atoms. The number of carbonyl (C=O) groups is 1. The molecular formula is C11H12IN3OS. The average molecular weight is 361 g/mol. The highest BCUT2D eigenvalue weighted by Gasteiger charge is 2.05. The Labute approximate surface area is 117 Å². The lowest BCUT2D eigenvalue weighted by molar-refractivity contribution is -0.118. The van der Waals surface area contributed by atoms with Crippen LogP contribution >= 0.6 is 34.8 Å². The maximum atomic E-state index is 10.7. The molecule has 0 bridgehead atoms. The largest absolute Gasteiger partial charge is 0.370 e. The zero-order valence-corrected chi connectivity index (χ0v) is 12.0. The number of nitrogens with one attached hydrogen (secondary N) is 1. The van der Waals surface area contributed by atoms with Crippen LogP contribution in [0.5, 0.6) is 0 Å². The van der Waals surface area contributed by atoms with Gasteiger partial charge in [0.05, 0.1) is 11.0 Å². The third-order valence-electron chi connectivity index (χ3n) is 2.54. The summed E-state index contributed by atoms with van der Waals surface area (Å²) in [7, 11) is 0. The number of halogens is 1. The van der Waals surface area contributed by atoms with Crippen LogP contribution in [0, 0.1) is 8.34 Å². The monoisotopic (exact) mass is 361 g/mol. The average Bonchev–Trinajstić information content (AvgIpc) is 2.54. The summed E-state index contributed by atoms with van der Waals surface area (Å²) >= 11 is 7.53. The van der Waals surface area contributed by atoms with Crippen LogP contribution in [0.25, 0.3) is 11.0 Å². The Morgan fingerprint density at radius 3 is 3.00 bits per heavy atom. The summed E-state index contributed by atoms with van der Waals surface area (Å²) in [4.78, 5) is 13.9. The van der Waals surface area contributed by atoms with Crippen molar-refractivity contribution in [2.75, 3.05) is 0 Å². The maximum Gasteiger partial charge on any atom is 0.217 e. The fraction of sp³-hybridized carbons (Fsp3) is 0.273. The summed E-state index contributed by atoms with van der Waals surface area (Å²) in [5, 5.41) is 0. The predicted octanol–water partition coefficient (Wildman–Crippen LogP) is 2.57. The quantitative estimate of drug-likeness (QED) is 0.650. The minimum absolute atomic E-state index is 0.272. The normalized spacial score (nSPS) is 10.9. The third kappa shape index (κ3) is 2.86. The smallest absolute Gasteiger partial charge is 0.217 e. The molecule has 1 amide bonds. The van der Waals surface area contributed by atoms with E-state index in [0.29, 0.717) is 24.2 Å². The number of nitrogens with zero attached hydrogens (tertiary/aromatic N) is 1. The van der Waals surface area contributed by atoms with Crippen molar-refractivity contribution < 1.29 is 4.79 Å². The predicted molar refractivity (Wildman–Crippen MR) is 78.3 cm³/mol. The van der Waals surface area contributed by atoms with Crippen molar-refractivity contribution in [1.82, 2.24) is 9.55 Å². The molecular weight excluding hydrogens is 349 g/mol. The number of aromatic nitrogens is 2. The van der Waals surface area contributed by atoms with Gasteiger partial charge in [0.1, 0.15) is 0 Å². The Morgan fingerprint density at radius 1 is 1.53 bits per heavy atom. The molecule has 0 unspecified atom stereocenters. The number of H-pyrrole nitrogens is 1. The van der Waals surface area contributed by atoms with Crippen molar-refractivity contribution in [2.45, 2.75) is 19.4 Å². The van der Waals surface area contributed by atoms with E-state index in [1.54, 1.807) is 0 Å². The van der Waals surface area contributed by atoms with Crippen LogP contribution in [0.4, 0.5) is 0 Å². The Kier molecular flexibility index (Phi) is 3.82. The van der Waals surface area contributed by atoms with Crippen LogP contribution < -0.4 is 5.73 Å². The lowest BCUT2D eigenvalue weighted by Crippen LogP contribution is -2.11. The van der Waals surface area contributed by atoms with Gasteiger partial charge in [-0.1, -0.05) is 0 Å². The zero-order valence-electron chi connectivity index (χ0n) is 9.07. The van der Waals surface area contributed by atoms with Crippen LogP contribution in [0.3, 0.4) is 0 Å². The molecule has 4 nitrogen and oxygen atoms in total. The molecule has 0 saturated carbocycles. The van der Waals surface area contributed by atoms with E-state index in [1.165, 1.54) is 0 Å². The lowest BCUT2D eigenvalue weighted by Gasteiger charge is -2.03. The van der Waals surface area contributed by atoms with E-state index in [0.717, 1.165) is 14.6 Å². The molecule has 90 valence electrons. The first kappa shape index (κ1) is 12.6. The summed E-state index contributed by atoms with van der Waals surface area (Å²) in [6.07, 6.45) is 1.10. The molecule has 0 saturated heterocycles. The number of hydrogen-bond donors (Lipinski definition) is 2. The van der Waals surface area contributed by atoms with Gasteiger partial charge in [0.2, 0.25) is 5.91 Å². The molecule has 3 N–H and O–H groups in total. The summed E-state index contributed by atoms with van der Waals surface area (Å²) in [6.45, 7) is 0.711. The van der Waals surface area contributed by atoms with Crippen LogP contribution in [0.2, 0.25) is 0 Å². The molecule has 1 heterocycles. The first-order valence-corrected chi connectivity index (χ1v) is 6.73. The van der Waals surface area contributed by atoms with E-state index in [-0.39, 0.29) is 5.91 Å². The molecule has 0 fully saturated rings. The highest BCUT2D eigenvalue weighted by atomic mass is 127. The van der Waals surface area contributed by atoms with Crippen molar-refractivity contribution >= 4 is 51.7 Å². The second kappa shape index (κ2) is 5.18. The van der Waals surface area contributed by atoms with Gasteiger partial charge in [-0.15, -0.1) is 0 Å². The van der Waals surface area contributed by atoms with Crippen molar-refractivity contribution in [2.24, 2.45) is 5.73 Å². The van der Waals surface area contributed by atoms with Crippen molar-refractivity contribution in [3.05, 3.63) is 26.5 Å². The van der Waals surface area contributed by atoms with Gasteiger partial charge >= 0.3 is 0 Å². The topological polar surface area (TPSA) is 63.8 Å². The van der Waals surface area contributed by atoms with Gasteiger partial charge in [-0.3, -0.25) is 4.79 Å². The summed E-state index contributed by atoms with van der Waals surface area (Å²) in [5.41, 5.74) is 7.22. The lowest BCUT2D eigenvalue weighted by atomic mass is 10.3. The maximum absolute atomic E-state index is 10.7. The van der Waals surface area contributed by atoms with Gasteiger partial charge < -0.3 is 15.3 Å². The molecule has 0 aliphatic carbocycles. The molecule has 2 rings (SSSR count). The number of imidazole rings is 1. The zero-order chi connectivity index (χ0) is 12.4. The standard InChI is InChI=1S/C11H12IN3OS/c12-7-3-4-9-8(6-7)14-11(17)15(9)5-1-2-10(13)16/h3-4,6H,1-2,5H2,(H2,13,16)(H,14,17). The molecule has 0 aliphatic heterocycles. The Bertz CT molecular complexity index is 617. The number of aryl methyl sites for hydroxylation is 1. The third-order valence-corrected chi connectivity index (χ3v) is 3.53. The fourth-order valence-electron chi connectivity index (χ4n) is 1.77. The van der Waals surface area contributed by atoms with E-state index in [4.69, 9.17) is 18.0 Å². The molecule has 0 aliphatic rings. The minimum atomic E-state index is -0.272. The minimum Gasteiger partial charge on any atom is -0.370 e. The number of fused-ring (bicyclic) bond motifs is 1. The van der Waals surface area contributed by atoms with E-state index >= 15 is 0 Å². The van der Waals surface area contributed by atoms with Gasteiger partial charge in [0.25, 0.3) is 0 Å². The Balaban J connectivity index is 2.30. The molecule has 2 aromatic rings. The van der Waals surface area contributed by atoms with E-state index in [9.17, 15) is 4.79 Å². The second-order valence-electron chi connectivity index (χ2n) is 3.81. The van der Waals surface area contributed by atoms with Crippen LogP contribution in [-0.4, -0.2) is 15.5 Å². The van der Waals surface area contributed by atoms with Gasteiger partial charge in [0.15, 0.2) is 4.77 Å². The fourth-order valence-corrected chi connectivity index (χ4v) is 2.56. The van der Waals surface area contributed by atoms with Crippen molar-refractivity contribution in [3.63, 3.8) is 0 Å². The Morgan fingerprint density at radius 2 is 2.29 bits per heavy atom. The number of carbonyl (C=O) groups excluding carboxylic acids is 1. The molecule has 1 aromatic carbocycles. The number of aromatic amines is 1. The van der Waals surface area contributed by atoms with E-state index in [1.807, 2.05) is 16.7 Å². The summed E-state index contributed by atoms with van der Waals surface area (Å²) in [5.74, 6) is -0.272. The SMILES string of the molecule is NC(=O)CCCn1c(=S)[nH]c2cc(I)ccc21. The van der Waals surface area contributed by atoms with E-state index < -0.39 is 0 Å². The first-order chi connectivity index (χ1) is 8.08. The molecule has 0 radical (unpaired) electrons. The van der Waals surface area contributed by atoms with Crippen LogP contribution in [-0.2, 0) is 11.3 Å². The summed E-state index contributed by atoms with van der Waals surface area (Å²) in [6, 6.07) is 6.13. The van der Waals surface area contributed by atoms with Gasteiger partial charge in [0, 0.05) is 16.5 Å². The molecule has 6 heteroatoms. The van der Waals surface area contributed by atoms with Crippen molar-refractivity contribution in [3.8, 4) is 0 Å². The van der Waals surface area contributed by atoms with Crippen molar-refractivity contribution in [1.29, 1.82) is 0 Å².